The third-order valence-corrected chi connectivity index (χ3v) is 9.87. The van der Waals surface area contributed by atoms with Crippen LogP contribution in [0, 0.1) is 23.7 Å². The average Bonchev–Trinajstić information content (AvgIpc) is 3.37. The molecule has 3 heterocycles. The van der Waals surface area contributed by atoms with Gasteiger partial charge >= 0.3 is 0 Å². The lowest BCUT2D eigenvalue weighted by Crippen LogP contribution is -2.59. The van der Waals surface area contributed by atoms with Crippen LogP contribution in [0.3, 0.4) is 0 Å². The Labute approximate surface area is 215 Å². The highest BCUT2D eigenvalue weighted by atomic mass is 16.2. The number of hydrogen-bond donors (Lipinski definition) is 0. The summed E-state index contributed by atoms with van der Waals surface area (Å²) in [4.78, 5) is 34.3. The summed E-state index contributed by atoms with van der Waals surface area (Å²) in [5.74, 6) is 1.08. The number of amides is 2. The molecule has 36 heavy (non-hydrogen) atoms. The highest BCUT2D eigenvalue weighted by molar-refractivity contribution is 6.23. The lowest BCUT2D eigenvalue weighted by Gasteiger charge is -2.50. The second kappa shape index (κ2) is 9.33. The smallest absolute Gasteiger partial charge is 0.240 e. The van der Waals surface area contributed by atoms with Crippen molar-refractivity contribution in [3.8, 4) is 0 Å². The van der Waals surface area contributed by atoms with Crippen LogP contribution in [0.4, 0.5) is 11.4 Å². The van der Waals surface area contributed by atoms with Gasteiger partial charge in [0.2, 0.25) is 11.8 Å². The SMILES string of the molecule is CC(C)C1CCC(N2CCC3(CC2)C2C(=O)N(c4ccccc4)C(=O)C2CN3c2ccccc2)CC1. The number of carbonyl (C=O) groups is 2. The van der Waals surface area contributed by atoms with Gasteiger partial charge in [0, 0.05) is 31.4 Å². The summed E-state index contributed by atoms with van der Waals surface area (Å²) in [5.41, 5.74) is 1.56. The Hall–Kier alpha value is -2.66. The summed E-state index contributed by atoms with van der Waals surface area (Å²) in [6.45, 7) is 7.38. The molecule has 4 aliphatic rings. The van der Waals surface area contributed by atoms with Crippen molar-refractivity contribution in [3.05, 3.63) is 60.7 Å². The molecule has 0 radical (unpaired) electrons. The minimum Gasteiger partial charge on any atom is -0.364 e. The number of carbonyl (C=O) groups excluding carboxylic acids is 2. The molecule has 1 aliphatic carbocycles. The molecule has 2 aromatic carbocycles. The molecule has 6 rings (SSSR count). The predicted molar refractivity (Wildman–Crippen MR) is 144 cm³/mol. The zero-order chi connectivity index (χ0) is 24.9. The Morgan fingerprint density at radius 2 is 1.36 bits per heavy atom. The highest BCUT2D eigenvalue weighted by Gasteiger charge is 2.65. The molecule has 2 aromatic rings. The van der Waals surface area contributed by atoms with Crippen LogP contribution in [0.25, 0.3) is 0 Å². The normalized spacial score (nSPS) is 30.4. The summed E-state index contributed by atoms with van der Waals surface area (Å²) < 4.78 is 0. The van der Waals surface area contributed by atoms with Gasteiger partial charge in [-0.25, -0.2) is 4.90 Å². The van der Waals surface area contributed by atoms with E-state index in [2.05, 4.69) is 47.9 Å². The quantitative estimate of drug-likeness (QED) is 0.547. The Kier molecular flexibility index (Phi) is 6.15. The van der Waals surface area contributed by atoms with Gasteiger partial charge < -0.3 is 9.80 Å². The van der Waals surface area contributed by atoms with E-state index in [4.69, 9.17) is 0 Å². The molecule has 2 unspecified atom stereocenters. The fourth-order valence-electron chi connectivity index (χ4n) is 7.86. The molecule has 1 spiro atoms. The van der Waals surface area contributed by atoms with Gasteiger partial charge in [0.25, 0.3) is 0 Å². The van der Waals surface area contributed by atoms with Crippen LogP contribution in [0.1, 0.15) is 52.4 Å². The van der Waals surface area contributed by atoms with Crippen LogP contribution in [0.5, 0.6) is 0 Å². The number of anilines is 2. The van der Waals surface area contributed by atoms with Gasteiger partial charge in [-0.05, 0) is 74.6 Å². The van der Waals surface area contributed by atoms with E-state index in [0.29, 0.717) is 18.3 Å². The first kappa shape index (κ1) is 23.7. The molecule has 5 nitrogen and oxygen atoms in total. The number of likely N-dealkylation sites (tertiary alicyclic amines) is 1. The van der Waals surface area contributed by atoms with Crippen molar-refractivity contribution in [2.24, 2.45) is 23.7 Å². The van der Waals surface area contributed by atoms with E-state index in [1.54, 1.807) is 0 Å². The van der Waals surface area contributed by atoms with Crippen LogP contribution < -0.4 is 9.80 Å². The van der Waals surface area contributed by atoms with E-state index in [0.717, 1.165) is 43.5 Å². The number of fused-ring (bicyclic) bond motifs is 2. The zero-order valence-electron chi connectivity index (χ0n) is 21.7. The summed E-state index contributed by atoms with van der Waals surface area (Å²) >= 11 is 0. The van der Waals surface area contributed by atoms with E-state index in [1.165, 1.54) is 30.6 Å². The van der Waals surface area contributed by atoms with Gasteiger partial charge in [0.05, 0.1) is 23.1 Å². The number of hydrogen-bond acceptors (Lipinski definition) is 4. The minimum absolute atomic E-state index is 0.000484. The van der Waals surface area contributed by atoms with E-state index in [1.807, 2.05) is 36.4 Å². The molecule has 2 atom stereocenters. The average molecular weight is 486 g/mol. The fourth-order valence-corrected chi connectivity index (χ4v) is 7.86. The first-order valence-corrected chi connectivity index (χ1v) is 14.0. The van der Waals surface area contributed by atoms with Crippen molar-refractivity contribution in [1.29, 1.82) is 0 Å². The molecule has 5 heteroatoms. The molecular weight excluding hydrogens is 446 g/mol. The molecule has 190 valence electrons. The Morgan fingerprint density at radius 1 is 0.778 bits per heavy atom. The third kappa shape index (κ3) is 3.78. The standard InChI is InChI=1S/C31H39N3O2/c1-22(2)23-13-15-24(16-14-23)32-19-17-31(18-20-32)28-27(21-33(31)25-9-5-3-6-10-25)29(35)34(30(28)36)26-11-7-4-8-12-26/h3-12,22-24,27-28H,13-21H2,1-2H3. The van der Waals surface area contributed by atoms with Crippen molar-refractivity contribution in [2.45, 2.75) is 64.0 Å². The van der Waals surface area contributed by atoms with Gasteiger partial charge in [-0.3, -0.25) is 9.59 Å². The van der Waals surface area contributed by atoms with Crippen LogP contribution in [-0.2, 0) is 9.59 Å². The predicted octanol–water partition coefficient (Wildman–Crippen LogP) is 5.36. The molecular formula is C31H39N3O2. The summed E-state index contributed by atoms with van der Waals surface area (Å²) in [6.07, 6.45) is 7.14. The maximum atomic E-state index is 14.0. The molecule has 3 aliphatic heterocycles. The van der Waals surface area contributed by atoms with Crippen LogP contribution >= 0.6 is 0 Å². The largest absolute Gasteiger partial charge is 0.364 e. The van der Waals surface area contributed by atoms with Crippen LogP contribution in [-0.4, -0.2) is 47.9 Å². The summed E-state index contributed by atoms with van der Waals surface area (Å²) in [5, 5.41) is 0. The molecule has 2 amide bonds. The topological polar surface area (TPSA) is 43.9 Å². The molecule has 0 aromatic heterocycles. The third-order valence-electron chi connectivity index (χ3n) is 9.87. The summed E-state index contributed by atoms with van der Waals surface area (Å²) in [7, 11) is 0. The lowest BCUT2D eigenvalue weighted by molar-refractivity contribution is -0.123. The first-order chi connectivity index (χ1) is 17.5. The zero-order valence-corrected chi connectivity index (χ0v) is 21.7. The van der Waals surface area contributed by atoms with Crippen molar-refractivity contribution in [2.75, 3.05) is 29.4 Å². The number of rotatable bonds is 4. The molecule has 4 fully saturated rings. The van der Waals surface area contributed by atoms with Crippen molar-refractivity contribution >= 4 is 23.2 Å². The van der Waals surface area contributed by atoms with Crippen molar-refractivity contribution < 1.29 is 9.59 Å². The van der Waals surface area contributed by atoms with Gasteiger partial charge in [0.15, 0.2) is 0 Å². The van der Waals surface area contributed by atoms with Crippen molar-refractivity contribution in [1.82, 2.24) is 4.90 Å². The summed E-state index contributed by atoms with van der Waals surface area (Å²) in [6, 6.07) is 20.6. The Balaban J connectivity index is 1.27. The number of piperidine rings is 1. The molecule has 0 N–H and O–H groups in total. The number of benzene rings is 2. The maximum absolute atomic E-state index is 14.0. The van der Waals surface area contributed by atoms with Gasteiger partial charge in [-0.1, -0.05) is 50.2 Å². The monoisotopic (exact) mass is 485 g/mol. The maximum Gasteiger partial charge on any atom is 0.240 e. The van der Waals surface area contributed by atoms with Crippen molar-refractivity contribution in [3.63, 3.8) is 0 Å². The van der Waals surface area contributed by atoms with Gasteiger partial charge in [0.1, 0.15) is 0 Å². The number of para-hydroxylation sites is 2. The first-order valence-electron chi connectivity index (χ1n) is 14.0. The van der Waals surface area contributed by atoms with Gasteiger partial charge in [-0.15, -0.1) is 0 Å². The highest BCUT2D eigenvalue weighted by Crippen LogP contribution is 2.52. The molecule has 3 saturated heterocycles. The van der Waals surface area contributed by atoms with E-state index in [-0.39, 0.29) is 29.2 Å². The van der Waals surface area contributed by atoms with Crippen LogP contribution in [0.2, 0.25) is 0 Å². The minimum atomic E-state index is -0.298. The van der Waals surface area contributed by atoms with E-state index < -0.39 is 0 Å². The second-order valence-corrected chi connectivity index (χ2v) is 11.8. The Morgan fingerprint density at radius 3 is 1.94 bits per heavy atom. The molecule has 0 bridgehead atoms. The molecule has 1 saturated carbocycles. The van der Waals surface area contributed by atoms with E-state index in [9.17, 15) is 9.59 Å². The number of imide groups is 1. The second-order valence-electron chi connectivity index (χ2n) is 11.8. The fraction of sp³-hybridized carbons (Fsp3) is 0.548. The van der Waals surface area contributed by atoms with E-state index >= 15 is 0 Å². The lowest BCUT2D eigenvalue weighted by atomic mass is 9.73. The van der Waals surface area contributed by atoms with Crippen LogP contribution in [0.15, 0.2) is 60.7 Å². The Bertz CT molecular complexity index is 1090. The van der Waals surface area contributed by atoms with Gasteiger partial charge in [-0.2, -0.15) is 0 Å². The number of nitrogens with zero attached hydrogens (tertiary/aromatic N) is 3.